The molecule has 0 radical (unpaired) electrons. The van der Waals surface area contributed by atoms with Crippen molar-refractivity contribution >= 4 is 0 Å². The first-order valence-corrected chi connectivity index (χ1v) is 3.12. The van der Waals surface area contributed by atoms with Gasteiger partial charge in [0.15, 0.2) is 6.33 Å². The molecule has 6 heteroatoms. The Bertz CT molecular complexity index is 409. The van der Waals surface area contributed by atoms with Crippen molar-refractivity contribution in [2.75, 3.05) is 0 Å². The van der Waals surface area contributed by atoms with E-state index in [-0.39, 0.29) is 0 Å². The van der Waals surface area contributed by atoms with Crippen molar-refractivity contribution in [2.45, 2.75) is 0 Å². The van der Waals surface area contributed by atoms with E-state index in [0.717, 1.165) is 0 Å². The summed E-state index contributed by atoms with van der Waals surface area (Å²) in [5.41, 5.74) is 0.842. The number of rotatable bonds is 1. The summed E-state index contributed by atoms with van der Waals surface area (Å²) in [4.78, 5) is 3.78. The second-order valence-corrected chi connectivity index (χ2v) is 2.02. The molecular formula is C6H3N5O. The van der Waals surface area contributed by atoms with Crippen molar-refractivity contribution in [3.8, 4) is 17.5 Å². The Hall–Kier alpha value is -2.16. The number of hydrogen-bond donors (Lipinski definition) is 1. The highest BCUT2D eigenvalue weighted by Crippen LogP contribution is 2.17. The average Bonchev–Trinajstić information content (AvgIpc) is 2.74. The smallest absolute Gasteiger partial charge is 0.262 e. The van der Waals surface area contributed by atoms with Crippen LogP contribution < -0.4 is 0 Å². The van der Waals surface area contributed by atoms with Crippen LogP contribution in [-0.2, 0) is 0 Å². The molecule has 12 heavy (non-hydrogen) atoms. The van der Waals surface area contributed by atoms with Gasteiger partial charge in [0, 0.05) is 0 Å². The summed E-state index contributed by atoms with van der Waals surface area (Å²) in [6, 6.07) is 1.92. The molecule has 0 aliphatic carbocycles. The first kappa shape index (κ1) is 6.54. The highest BCUT2D eigenvalue weighted by Gasteiger charge is 2.10. The molecule has 0 atom stereocenters. The van der Waals surface area contributed by atoms with Crippen LogP contribution in [0.1, 0.15) is 5.69 Å². The predicted octanol–water partition coefficient (Wildman–Crippen LogP) is 0.331. The van der Waals surface area contributed by atoms with Gasteiger partial charge in [0.1, 0.15) is 11.8 Å². The van der Waals surface area contributed by atoms with E-state index in [1.165, 1.54) is 12.5 Å². The van der Waals surface area contributed by atoms with E-state index >= 15 is 0 Å². The van der Waals surface area contributed by atoms with E-state index < -0.39 is 0 Å². The molecule has 0 aromatic carbocycles. The van der Waals surface area contributed by atoms with Gasteiger partial charge in [-0.3, -0.25) is 5.10 Å². The van der Waals surface area contributed by atoms with Crippen molar-refractivity contribution in [1.82, 2.24) is 20.3 Å². The third kappa shape index (κ3) is 0.845. The van der Waals surface area contributed by atoms with Crippen LogP contribution in [0.2, 0.25) is 0 Å². The van der Waals surface area contributed by atoms with Crippen molar-refractivity contribution in [1.29, 1.82) is 5.26 Å². The molecule has 6 nitrogen and oxygen atoms in total. The first-order chi connectivity index (χ1) is 5.92. The van der Waals surface area contributed by atoms with Crippen molar-refractivity contribution in [2.24, 2.45) is 0 Å². The normalized spacial score (nSPS) is 9.58. The van der Waals surface area contributed by atoms with Crippen LogP contribution >= 0.6 is 0 Å². The molecule has 58 valence electrons. The van der Waals surface area contributed by atoms with Gasteiger partial charge in [-0.25, -0.2) is 0 Å². The minimum atomic E-state index is 0.292. The molecule has 1 N–H and O–H groups in total. The Kier molecular flexibility index (Phi) is 1.35. The summed E-state index contributed by atoms with van der Waals surface area (Å²) >= 11 is 0. The number of H-pyrrole nitrogens is 1. The molecule has 0 fully saturated rings. The maximum absolute atomic E-state index is 8.60. The van der Waals surface area contributed by atoms with Crippen LogP contribution in [0.15, 0.2) is 17.0 Å². The van der Waals surface area contributed by atoms with Crippen LogP contribution in [0.25, 0.3) is 11.5 Å². The summed E-state index contributed by atoms with van der Waals surface area (Å²) < 4.78 is 4.75. The van der Waals surface area contributed by atoms with Crippen LogP contribution in [0.3, 0.4) is 0 Å². The molecule has 2 rings (SSSR count). The molecule has 2 heterocycles. The molecule has 2 aromatic heterocycles. The first-order valence-electron chi connectivity index (χ1n) is 3.12. The van der Waals surface area contributed by atoms with Crippen molar-refractivity contribution in [3.05, 3.63) is 18.2 Å². The number of aromatic nitrogens is 4. The molecule has 2 aromatic rings. The number of nitrogens with zero attached hydrogens (tertiary/aromatic N) is 4. The van der Waals surface area contributed by atoms with E-state index in [9.17, 15) is 0 Å². The summed E-state index contributed by atoms with van der Waals surface area (Å²) in [6.45, 7) is 0. The Balaban J connectivity index is 2.55. The SMILES string of the molecule is N#Cc1[nH]ncc1-c1ncno1. The Morgan fingerprint density at radius 1 is 1.58 bits per heavy atom. The predicted molar refractivity (Wildman–Crippen MR) is 36.6 cm³/mol. The lowest BCUT2D eigenvalue weighted by Crippen LogP contribution is -1.79. The summed E-state index contributed by atoms with van der Waals surface area (Å²) in [5, 5.41) is 18.2. The van der Waals surface area contributed by atoms with Gasteiger partial charge in [0.2, 0.25) is 0 Å². The summed E-state index contributed by atoms with van der Waals surface area (Å²) in [6.07, 6.45) is 2.73. The van der Waals surface area contributed by atoms with Gasteiger partial charge < -0.3 is 4.52 Å². The lowest BCUT2D eigenvalue weighted by atomic mass is 10.3. The molecule has 0 aliphatic heterocycles. The molecule has 0 amide bonds. The lowest BCUT2D eigenvalue weighted by molar-refractivity contribution is 0.430. The third-order valence-corrected chi connectivity index (χ3v) is 1.34. The van der Waals surface area contributed by atoms with E-state index in [2.05, 4.69) is 20.3 Å². The van der Waals surface area contributed by atoms with Crippen LogP contribution in [0.4, 0.5) is 0 Å². The van der Waals surface area contributed by atoms with Gasteiger partial charge in [-0.15, -0.1) is 0 Å². The number of aromatic amines is 1. The highest BCUT2D eigenvalue weighted by atomic mass is 16.5. The topological polar surface area (TPSA) is 91.4 Å². The van der Waals surface area contributed by atoms with Gasteiger partial charge in [0.05, 0.1) is 11.8 Å². The van der Waals surface area contributed by atoms with Crippen LogP contribution in [0.5, 0.6) is 0 Å². The van der Waals surface area contributed by atoms with Crippen molar-refractivity contribution in [3.63, 3.8) is 0 Å². The Morgan fingerprint density at radius 3 is 3.17 bits per heavy atom. The second kappa shape index (κ2) is 2.47. The molecule has 0 saturated heterocycles. The largest absolute Gasteiger partial charge is 0.334 e. The fourth-order valence-corrected chi connectivity index (χ4v) is 0.825. The standard InChI is InChI=1S/C6H3N5O/c7-1-5-4(2-9-11-5)6-8-3-10-12-6/h2-3H,(H,9,11). The quantitative estimate of drug-likeness (QED) is 0.650. The fraction of sp³-hybridized carbons (Fsp3) is 0. The van der Waals surface area contributed by atoms with Gasteiger partial charge in [-0.1, -0.05) is 5.16 Å². The highest BCUT2D eigenvalue weighted by molar-refractivity contribution is 5.58. The minimum absolute atomic E-state index is 0.292. The molecule has 0 bridgehead atoms. The third-order valence-electron chi connectivity index (χ3n) is 1.34. The van der Waals surface area contributed by atoms with Gasteiger partial charge >= 0.3 is 0 Å². The zero-order valence-electron chi connectivity index (χ0n) is 5.85. The van der Waals surface area contributed by atoms with E-state index in [1.54, 1.807) is 0 Å². The Labute approximate surface area is 66.8 Å². The minimum Gasteiger partial charge on any atom is -0.334 e. The summed E-state index contributed by atoms with van der Waals surface area (Å²) in [7, 11) is 0. The number of nitrogens with one attached hydrogen (secondary N) is 1. The van der Waals surface area contributed by atoms with Crippen LogP contribution in [0, 0.1) is 11.3 Å². The molecule has 0 saturated carbocycles. The number of nitriles is 1. The number of hydrogen-bond acceptors (Lipinski definition) is 5. The van der Waals surface area contributed by atoms with E-state index in [0.29, 0.717) is 17.1 Å². The van der Waals surface area contributed by atoms with Crippen LogP contribution in [-0.4, -0.2) is 20.3 Å². The maximum Gasteiger partial charge on any atom is 0.262 e. The Morgan fingerprint density at radius 2 is 2.50 bits per heavy atom. The van der Waals surface area contributed by atoms with Gasteiger partial charge in [-0.05, 0) is 0 Å². The summed E-state index contributed by atoms with van der Waals surface area (Å²) in [5.74, 6) is 0.292. The van der Waals surface area contributed by atoms with E-state index in [4.69, 9.17) is 9.78 Å². The maximum atomic E-state index is 8.60. The van der Waals surface area contributed by atoms with Gasteiger partial charge in [0.25, 0.3) is 5.89 Å². The zero-order chi connectivity index (χ0) is 8.39. The average molecular weight is 161 g/mol. The molecule has 0 aliphatic rings. The van der Waals surface area contributed by atoms with E-state index in [1.807, 2.05) is 6.07 Å². The lowest BCUT2D eigenvalue weighted by Gasteiger charge is -1.84. The zero-order valence-corrected chi connectivity index (χ0v) is 5.85. The molecule has 0 spiro atoms. The fourth-order valence-electron chi connectivity index (χ4n) is 0.825. The molecule has 0 unspecified atom stereocenters. The second-order valence-electron chi connectivity index (χ2n) is 2.02. The monoisotopic (exact) mass is 161 g/mol. The van der Waals surface area contributed by atoms with Gasteiger partial charge in [-0.2, -0.15) is 15.3 Å². The molecular weight excluding hydrogens is 158 g/mol. The van der Waals surface area contributed by atoms with Crippen molar-refractivity contribution < 1.29 is 4.52 Å².